The minimum absolute atomic E-state index is 0.154. The Morgan fingerprint density at radius 2 is 2.06 bits per heavy atom. The molecule has 0 N–H and O–H groups in total. The lowest BCUT2D eigenvalue weighted by molar-refractivity contribution is 0.0773. The Morgan fingerprint density at radius 3 is 2.62 bits per heavy atom. The number of carbonyl (C=O) groups is 1. The average molecular weight is 221 g/mol. The van der Waals surface area contributed by atoms with Crippen molar-refractivity contribution < 1.29 is 9.18 Å². The Morgan fingerprint density at radius 1 is 1.38 bits per heavy atom. The lowest BCUT2D eigenvalue weighted by atomic mass is 9.93. The summed E-state index contributed by atoms with van der Waals surface area (Å²) in [6.45, 7) is 5.68. The first-order valence-corrected chi connectivity index (χ1v) is 5.53. The summed E-state index contributed by atoms with van der Waals surface area (Å²) in [5, 5.41) is 0. The molecular formula is C13H16FNO. The van der Waals surface area contributed by atoms with Crippen molar-refractivity contribution in [3.8, 4) is 0 Å². The molecule has 1 amide bonds. The van der Waals surface area contributed by atoms with Crippen LogP contribution in [0.4, 0.5) is 4.39 Å². The van der Waals surface area contributed by atoms with Crippen molar-refractivity contribution >= 4 is 5.91 Å². The van der Waals surface area contributed by atoms with Crippen molar-refractivity contribution in [1.29, 1.82) is 0 Å². The van der Waals surface area contributed by atoms with Gasteiger partial charge in [0.1, 0.15) is 5.82 Å². The Labute approximate surface area is 95.1 Å². The van der Waals surface area contributed by atoms with Crippen LogP contribution >= 0.6 is 0 Å². The Balaban J connectivity index is 2.18. The van der Waals surface area contributed by atoms with Crippen LogP contribution in [0, 0.1) is 11.2 Å². The maximum absolute atomic E-state index is 13.4. The van der Waals surface area contributed by atoms with Gasteiger partial charge in [-0.3, -0.25) is 4.79 Å². The second kappa shape index (κ2) is 3.89. The summed E-state index contributed by atoms with van der Waals surface area (Å²) in [6.07, 6.45) is 0.979. The smallest absolute Gasteiger partial charge is 0.256 e. The van der Waals surface area contributed by atoms with Gasteiger partial charge >= 0.3 is 0 Å². The van der Waals surface area contributed by atoms with E-state index in [1.54, 1.807) is 23.1 Å². The number of benzene rings is 1. The molecule has 2 nitrogen and oxygen atoms in total. The molecule has 86 valence electrons. The predicted octanol–water partition coefficient (Wildman–Crippen LogP) is 2.70. The second-order valence-electron chi connectivity index (χ2n) is 5.12. The number of rotatable bonds is 1. The van der Waals surface area contributed by atoms with E-state index in [0.29, 0.717) is 6.54 Å². The maximum Gasteiger partial charge on any atom is 0.256 e. The van der Waals surface area contributed by atoms with Gasteiger partial charge in [-0.1, -0.05) is 26.0 Å². The molecule has 0 saturated carbocycles. The summed E-state index contributed by atoms with van der Waals surface area (Å²) >= 11 is 0. The predicted molar refractivity (Wildman–Crippen MR) is 60.7 cm³/mol. The minimum Gasteiger partial charge on any atom is -0.338 e. The number of carbonyl (C=O) groups excluding carboxylic acids is 1. The number of amides is 1. The lowest BCUT2D eigenvalue weighted by Crippen LogP contribution is -2.30. The molecule has 1 aromatic carbocycles. The van der Waals surface area contributed by atoms with E-state index < -0.39 is 5.82 Å². The zero-order chi connectivity index (χ0) is 11.8. The van der Waals surface area contributed by atoms with E-state index in [0.717, 1.165) is 13.0 Å². The van der Waals surface area contributed by atoms with Crippen LogP contribution in [0.3, 0.4) is 0 Å². The van der Waals surface area contributed by atoms with Gasteiger partial charge in [0, 0.05) is 13.1 Å². The van der Waals surface area contributed by atoms with Crippen LogP contribution in [0.15, 0.2) is 24.3 Å². The van der Waals surface area contributed by atoms with Gasteiger partial charge < -0.3 is 4.90 Å². The van der Waals surface area contributed by atoms with Crippen molar-refractivity contribution in [1.82, 2.24) is 4.90 Å². The van der Waals surface area contributed by atoms with E-state index >= 15 is 0 Å². The molecule has 0 spiro atoms. The van der Waals surface area contributed by atoms with Gasteiger partial charge in [-0.05, 0) is 24.0 Å². The van der Waals surface area contributed by atoms with Crippen LogP contribution in [0.2, 0.25) is 0 Å². The molecule has 16 heavy (non-hydrogen) atoms. The van der Waals surface area contributed by atoms with Crippen LogP contribution in [0.25, 0.3) is 0 Å². The molecule has 1 heterocycles. The Bertz CT molecular complexity index is 414. The highest BCUT2D eigenvalue weighted by atomic mass is 19.1. The molecule has 0 aromatic heterocycles. The van der Waals surface area contributed by atoms with Crippen LogP contribution < -0.4 is 0 Å². The fraction of sp³-hybridized carbons (Fsp3) is 0.462. The van der Waals surface area contributed by atoms with Gasteiger partial charge in [0.05, 0.1) is 5.56 Å². The highest BCUT2D eigenvalue weighted by Gasteiger charge is 2.33. The largest absolute Gasteiger partial charge is 0.338 e. The average Bonchev–Trinajstić information content (AvgIpc) is 2.59. The molecule has 0 bridgehead atoms. The first-order valence-electron chi connectivity index (χ1n) is 5.53. The third-order valence-electron chi connectivity index (χ3n) is 3.07. The zero-order valence-electron chi connectivity index (χ0n) is 9.66. The normalized spacial score (nSPS) is 18.8. The molecule has 1 fully saturated rings. The lowest BCUT2D eigenvalue weighted by Gasteiger charge is -2.20. The summed E-state index contributed by atoms with van der Waals surface area (Å²) in [5.41, 5.74) is 0.334. The summed E-state index contributed by atoms with van der Waals surface area (Å²) in [4.78, 5) is 13.8. The van der Waals surface area contributed by atoms with Gasteiger partial charge in [-0.15, -0.1) is 0 Å². The van der Waals surface area contributed by atoms with Gasteiger partial charge in [0.25, 0.3) is 5.91 Å². The Kier molecular flexibility index (Phi) is 2.70. The zero-order valence-corrected chi connectivity index (χ0v) is 9.66. The van der Waals surface area contributed by atoms with E-state index in [-0.39, 0.29) is 16.9 Å². The fourth-order valence-electron chi connectivity index (χ4n) is 2.09. The third kappa shape index (κ3) is 2.08. The quantitative estimate of drug-likeness (QED) is 0.714. The van der Waals surface area contributed by atoms with E-state index in [1.807, 2.05) is 0 Å². The molecule has 3 heteroatoms. The van der Waals surface area contributed by atoms with Gasteiger partial charge in [0.2, 0.25) is 0 Å². The fourth-order valence-corrected chi connectivity index (χ4v) is 2.09. The standard InChI is InChI=1S/C13H16FNO/c1-13(2)7-8-15(9-13)12(16)10-5-3-4-6-11(10)14/h3-6H,7-9H2,1-2H3. The summed E-state index contributed by atoms with van der Waals surface area (Å²) in [6, 6.07) is 6.16. The molecule has 1 aliphatic rings. The molecule has 0 unspecified atom stereocenters. The van der Waals surface area contributed by atoms with Crippen molar-refractivity contribution in [3.05, 3.63) is 35.6 Å². The summed E-state index contributed by atoms with van der Waals surface area (Å²) in [7, 11) is 0. The van der Waals surface area contributed by atoms with Gasteiger partial charge in [-0.2, -0.15) is 0 Å². The minimum atomic E-state index is -0.433. The maximum atomic E-state index is 13.4. The molecule has 1 aliphatic heterocycles. The molecule has 0 aliphatic carbocycles. The van der Waals surface area contributed by atoms with Crippen LogP contribution in [-0.4, -0.2) is 23.9 Å². The van der Waals surface area contributed by atoms with Crippen molar-refractivity contribution in [3.63, 3.8) is 0 Å². The Hall–Kier alpha value is -1.38. The number of nitrogens with zero attached hydrogens (tertiary/aromatic N) is 1. The molecule has 0 atom stereocenters. The van der Waals surface area contributed by atoms with E-state index in [2.05, 4.69) is 13.8 Å². The first kappa shape index (κ1) is 11.1. The van der Waals surface area contributed by atoms with Gasteiger partial charge in [-0.25, -0.2) is 4.39 Å². The van der Waals surface area contributed by atoms with E-state index in [9.17, 15) is 9.18 Å². The summed E-state index contributed by atoms with van der Waals surface area (Å²) in [5.74, 6) is -0.624. The van der Waals surface area contributed by atoms with Crippen molar-refractivity contribution in [2.24, 2.45) is 5.41 Å². The second-order valence-corrected chi connectivity index (χ2v) is 5.12. The molecule has 2 rings (SSSR count). The molecular weight excluding hydrogens is 205 g/mol. The van der Waals surface area contributed by atoms with E-state index in [1.165, 1.54) is 6.07 Å². The van der Waals surface area contributed by atoms with Crippen molar-refractivity contribution in [2.75, 3.05) is 13.1 Å². The van der Waals surface area contributed by atoms with Gasteiger partial charge in [0.15, 0.2) is 0 Å². The third-order valence-corrected chi connectivity index (χ3v) is 3.07. The topological polar surface area (TPSA) is 20.3 Å². The number of halogens is 1. The number of hydrogen-bond donors (Lipinski definition) is 0. The molecule has 0 radical (unpaired) electrons. The monoisotopic (exact) mass is 221 g/mol. The van der Waals surface area contributed by atoms with Crippen LogP contribution in [-0.2, 0) is 0 Å². The van der Waals surface area contributed by atoms with Crippen LogP contribution in [0.5, 0.6) is 0 Å². The van der Waals surface area contributed by atoms with Crippen LogP contribution in [0.1, 0.15) is 30.6 Å². The van der Waals surface area contributed by atoms with E-state index in [4.69, 9.17) is 0 Å². The SMILES string of the molecule is CC1(C)CCN(C(=O)c2ccccc2F)C1. The molecule has 1 saturated heterocycles. The number of likely N-dealkylation sites (tertiary alicyclic amines) is 1. The number of hydrogen-bond acceptors (Lipinski definition) is 1. The highest BCUT2D eigenvalue weighted by molar-refractivity contribution is 5.94. The highest BCUT2D eigenvalue weighted by Crippen LogP contribution is 2.29. The summed E-state index contributed by atoms with van der Waals surface area (Å²) < 4.78 is 13.4. The van der Waals surface area contributed by atoms with Crippen molar-refractivity contribution in [2.45, 2.75) is 20.3 Å². The molecule has 1 aromatic rings. The first-order chi connectivity index (χ1) is 7.49.